The molecule has 80 valence electrons. The van der Waals surface area contributed by atoms with Crippen LogP contribution in [0, 0.1) is 5.92 Å². The molecule has 0 saturated carbocycles. The van der Waals surface area contributed by atoms with E-state index in [0.717, 1.165) is 11.4 Å². The number of hydrogen-bond acceptors (Lipinski definition) is 4. The van der Waals surface area contributed by atoms with Crippen LogP contribution >= 0.6 is 0 Å². The van der Waals surface area contributed by atoms with Gasteiger partial charge in [-0.1, -0.05) is 20.8 Å². The smallest absolute Gasteiger partial charge is 0.277 e. The molecule has 1 unspecified atom stereocenters. The maximum absolute atomic E-state index is 11.6. The number of hydrazone groups is 1. The Morgan fingerprint density at radius 3 is 2.73 bits per heavy atom. The number of amidine groups is 1. The number of hydrogen-bond donors (Lipinski definition) is 1. The number of rotatable bonds is 2. The second-order valence-corrected chi connectivity index (χ2v) is 3.93. The van der Waals surface area contributed by atoms with Gasteiger partial charge in [-0.25, -0.2) is 4.99 Å². The van der Waals surface area contributed by atoms with Crippen LogP contribution in [0.15, 0.2) is 15.1 Å². The van der Waals surface area contributed by atoms with Crippen LogP contribution < -0.4 is 5.43 Å². The van der Waals surface area contributed by atoms with Crippen molar-refractivity contribution in [2.45, 2.75) is 33.2 Å². The molecule has 5 nitrogen and oxygen atoms in total. The fourth-order valence-electron chi connectivity index (χ4n) is 1.63. The molecule has 0 radical (unpaired) electrons. The summed E-state index contributed by atoms with van der Waals surface area (Å²) in [6.45, 7) is 6.01. The molecule has 0 aromatic carbocycles. The molecule has 2 heterocycles. The zero-order valence-corrected chi connectivity index (χ0v) is 9.11. The Kier molecular flexibility index (Phi) is 2.38. The Hall–Kier alpha value is -1.52. The molecule has 0 bridgehead atoms. The van der Waals surface area contributed by atoms with E-state index in [1.54, 1.807) is 0 Å². The molecule has 2 aliphatic heterocycles. The molecular weight excluding hydrogens is 192 g/mol. The van der Waals surface area contributed by atoms with Crippen LogP contribution in [0.3, 0.4) is 0 Å². The van der Waals surface area contributed by atoms with Crippen molar-refractivity contribution in [3.8, 4) is 0 Å². The highest BCUT2D eigenvalue weighted by molar-refractivity contribution is 6.51. The van der Waals surface area contributed by atoms with E-state index in [2.05, 4.69) is 20.5 Å². The number of amides is 1. The van der Waals surface area contributed by atoms with Crippen LogP contribution in [-0.4, -0.2) is 29.2 Å². The minimum atomic E-state index is -0.447. The first-order chi connectivity index (χ1) is 7.13. The molecule has 2 aliphatic rings. The molecule has 0 aromatic rings. The van der Waals surface area contributed by atoms with E-state index in [0.29, 0.717) is 12.3 Å². The van der Waals surface area contributed by atoms with Gasteiger partial charge in [0.25, 0.3) is 5.91 Å². The molecule has 0 aliphatic carbocycles. The Labute approximate surface area is 88.4 Å². The predicted octanol–water partition coefficient (Wildman–Crippen LogP) is 0.760. The average Bonchev–Trinajstić information content (AvgIpc) is 2.61. The number of carbonyl (C=O) groups excluding carboxylic acids is 1. The lowest BCUT2D eigenvalue weighted by Crippen LogP contribution is -2.41. The molecule has 0 saturated heterocycles. The molecule has 0 spiro atoms. The highest BCUT2D eigenvalue weighted by atomic mass is 16.2. The van der Waals surface area contributed by atoms with Gasteiger partial charge >= 0.3 is 0 Å². The zero-order chi connectivity index (χ0) is 11.0. The molecule has 5 heteroatoms. The average molecular weight is 206 g/mol. The highest BCUT2D eigenvalue weighted by Gasteiger charge is 2.36. The number of fused-ring (bicyclic) bond motifs is 1. The van der Waals surface area contributed by atoms with E-state index in [1.807, 2.05) is 20.8 Å². The first kappa shape index (κ1) is 10.0. The first-order valence-corrected chi connectivity index (χ1v) is 5.17. The van der Waals surface area contributed by atoms with Gasteiger partial charge in [0.2, 0.25) is 0 Å². The number of nitrogens with one attached hydrogen (secondary N) is 1. The van der Waals surface area contributed by atoms with E-state index in [9.17, 15) is 4.79 Å². The Bertz CT molecular complexity index is 392. The summed E-state index contributed by atoms with van der Waals surface area (Å²) in [4.78, 5) is 19.9. The van der Waals surface area contributed by atoms with Crippen LogP contribution in [0.25, 0.3) is 0 Å². The van der Waals surface area contributed by atoms with Crippen LogP contribution in [-0.2, 0) is 4.79 Å². The third-order valence-corrected chi connectivity index (χ3v) is 2.45. The molecule has 1 amide bonds. The summed E-state index contributed by atoms with van der Waals surface area (Å²) in [5, 5.41) is 4.14. The van der Waals surface area contributed by atoms with Gasteiger partial charge in [0.15, 0.2) is 6.04 Å². The molecular formula is C10H14N4O. The second-order valence-electron chi connectivity index (χ2n) is 3.93. The molecule has 2 rings (SSSR count). The van der Waals surface area contributed by atoms with Crippen molar-refractivity contribution in [2.75, 3.05) is 0 Å². The molecule has 0 aromatic heterocycles. The fourth-order valence-corrected chi connectivity index (χ4v) is 1.63. The number of aliphatic imine (C=N–C) groups is 2. The normalized spacial score (nSPS) is 24.4. The third-order valence-electron chi connectivity index (χ3n) is 2.45. The number of nitrogens with zero attached hydrogens (tertiary/aromatic N) is 3. The van der Waals surface area contributed by atoms with Crippen molar-refractivity contribution in [1.82, 2.24) is 5.43 Å². The van der Waals surface area contributed by atoms with Crippen LogP contribution in [0.1, 0.15) is 27.2 Å². The Morgan fingerprint density at radius 1 is 1.40 bits per heavy atom. The largest absolute Gasteiger partial charge is 0.291 e. The van der Waals surface area contributed by atoms with Crippen molar-refractivity contribution < 1.29 is 4.79 Å². The van der Waals surface area contributed by atoms with E-state index >= 15 is 0 Å². The SMILES string of the molecule is CCC1=NC(=O)C2NN=C(C(C)C)C2=N1. The lowest BCUT2D eigenvalue weighted by Gasteiger charge is -2.14. The summed E-state index contributed by atoms with van der Waals surface area (Å²) in [6, 6.07) is -0.447. The summed E-state index contributed by atoms with van der Waals surface area (Å²) in [6.07, 6.45) is 0.674. The lowest BCUT2D eigenvalue weighted by atomic mass is 9.98. The Morgan fingerprint density at radius 2 is 2.13 bits per heavy atom. The van der Waals surface area contributed by atoms with Crippen LogP contribution in [0.4, 0.5) is 0 Å². The second kappa shape index (κ2) is 3.56. The topological polar surface area (TPSA) is 66.2 Å². The molecule has 0 fully saturated rings. The van der Waals surface area contributed by atoms with Crippen molar-refractivity contribution >= 4 is 23.2 Å². The maximum Gasteiger partial charge on any atom is 0.277 e. The third kappa shape index (κ3) is 1.58. The van der Waals surface area contributed by atoms with Crippen molar-refractivity contribution in [2.24, 2.45) is 21.0 Å². The Balaban J connectivity index is 2.37. The molecule has 1 N–H and O–H groups in total. The quantitative estimate of drug-likeness (QED) is 0.724. The van der Waals surface area contributed by atoms with Crippen molar-refractivity contribution in [1.29, 1.82) is 0 Å². The summed E-state index contributed by atoms with van der Waals surface area (Å²) in [5.74, 6) is 0.685. The first-order valence-electron chi connectivity index (χ1n) is 5.17. The van der Waals surface area contributed by atoms with Crippen molar-refractivity contribution in [3.63, 3.8) is 0 Å². The van der Waals surface area contributed by atoms with E-state index in [1.165, 1.54) is 0 Å². The van der Waals surface area contributed by atoms with Gasteiger partial charge in [0.1, 0.15) is 5.84 Å². The van der Waals surface area contributed by atoms with E-state index in [4.69, 9.17) is 0 Å². The van der Waals surface area contributed by atoms with Crippen LogP contribution in [0.5, 0.6) is 0 Å². The summed E-state index contributed by atoms with van der Waals surface area (Å²) >= 11 is 0. The molecule has 15 heavy (non-hydrogen) atoms. The van der Waals surface area contributed by atoms with Crippen molar-refractivity contribution in [3.05, 3.63) is 0 Å². The number of carbonyl (C=O) groups is 1. The van der Waals surface area contributed by atoms with Gasteiger partial charge in [-0.3, -0.25) is 10.2 Å². The standard InChI is InChI=1S/C10H14N4O/c1-4-6-11-8-7(5(2)3)13-14-9(8)10(15)12-6/h5,9,14H,4H2,1-3H3. The monoisotopic (exact) mass is 206 g/mol. The fraction of sp³-hybridized carbons (Fsp3) is 0.600. The van der Waals surface area contributed by atoms with Gasteiger partial charge in [0.05, 0.1) is 11.4 Å². The van der Waals surface area contributed by atoms with Gasteiger partial charge < -0.3 is 0 Å². The minimum absolute atomic E-state index is 0.184. The van der Waals surface area contributed by atoms with Gasteiger partial charge in [-0.15, -0.1) is 0 Å². The summed E-state index contributed by atoms with van der Waals surface area (Å²) < 4.78 is 0. The van der Waals surface area contributed by atoms with Crippen LogP contribution in [0.2, 0.25) is 0 Å². The van der Waals surface area contributed by atoms with Gasteiger partial charge in [0, 0.05) is 6.42 Å². The zero-order valence-electron chi connectivity index (χ0n) is 9.11. The summed E-state index contributed by atoms with van der Waals surface area (Å²) in [7, 11) is 0. The molecule has 1 atom stereocenters. The highest BCUT2D eigenvalue weighted by Crippen LogP contribution is 2.14. The maximum atomic E-state index is 11.6. The van der Waals surface area contributed by atoms with Gasteiger partial charge in [-0.2, -0.15) is 10.1 Å². The van der Waals surface area contributed by atoms with E-state index in [-0.39, 0.29) is 11.8 Å². The minimum Gasteiger partial charge on any atom is -0.291 e. The lowest BCUT2D eigenvalue weighted by molar-refractivity contribution is -0.118. The van der Waals surface area contributed by atoms with E-state index < -0.39 is 6.04 Å². The summed E-state index contributed by atoms with van der Waals surface area (Å²) in [5.41, 5.74) is 4.41. The predicted molar refractivity (Wildman–Crippen MR) is 59.4 cm³/mol. The van der Waals surface area contributed by atoms with Gasteiger partial charge in [-0.05, 0) is 5.92 Å².